The van der Waals surface area contributed by atoms with Gasteiger partial charge in [0, 0.05) is 12.8 Å². The van der Waals surface area contributed by atoms with Crippen LogP contribution in [0.4, 0.5) is 0 Å². The largest absolute Gasteiger partial charge is 0.466 e. The van der Waals surface area contributed by atoms with Crippen molar-refractivity contribution in [2.75, 3.05) is 13.2 Å². The maximum atomic E-state index is 12.5. The molecule has 528 valence electrons. The Kier molecular flexibility index (Phi) is 77.3. The number of aliphatic hydroxyl groups is 2. The summed E-state index contributed by atoms with van der Waals surface area (Å²) in [5.74, 6) is -0.0341. The number of hydrogen-bond donors (Lipinski definition) is 3. The first-order valence-corrected chi connectivity index (χ1v) is 41.1. The number of carbonyl (C=O) groups is 2. The Morgan fingerprint density at radius 3 is 0.798 bits per heavy atom. The third kappa shape index (κ3) is 75.3. The molecule has 0 aliphatic rings. The van der Waals surface area contributed by atoms with Crippen molar-refractivity contribution in [2.24, 2.45) is 0 Å². The zero-order valence-electron chi connectivity index (χ0n) is 60.7. The Hall–Kier alpha value is -1.66. The fourth-order valence-corrected chi connectivity index (χ4v) is 13.2. The first kappa shape index (κ1) is 87.3. The van der Waals surface area contributed by atoms with Crippen LogP contribution in [0.15, 0.2) is 24.3 Å². The van der Waals surface area contributed by atoms with Crippen LogP contribution in [-0.4, -0.2) is 47.4 Å². The van der Waals surface area contributed by atoms with Crippen LogP contribution >= 0.6 is 0 Å². The molecule has 6 heteroatoms. The maximum absolute atomic E-state index is 12.5. The molecule has 2 unspecified atom stereocenters. The van der Waals surface area contributed by atoms with Gasteiger partial charge in [-0.2, -0.15) is 0 Å². The third-order valence-corrected chi connectivity index (χ3v) is 19.5. The average molecular weight is 1250 g/mol. The van der Waals surface area contributed by atoms with Gasteiger partial charge in [-0.25, -0.2) is 0 Å². The van der Waals surface area contributed by atoms with Crippen LogP contribution in [-0.2, 0) is 14.3 Å². The molecule has 6 nitrogen and oxygen atoms in total. The molecule has 0 spiro atoms. The minimum absolute atomic E-state index is 0.0248. The summed E-state index contributed by atoms with van der Waals surface area (Å²) >= 11 is 0. The highest BCUT2D eigenvalue weighted by molar-refractivity contribution is 5.76. The molecule has 0 saturated heterocycles. The van der Waals surface area contributed by atoms with Gasteiger partial charge in [0.1, 0.15) is 0 Å². The average Bonchev–Trinajstić information content (AvgIpc) is 3.67. The predicted molar refractivity (Wildman–Crippen MR) is 393 cm³/mol. The lowest BCUT2D eigenvalue weighted by molar-refractivity contribution is -0.143. The number of amides is 1. The van der Waals surface area contributed by atoms with E-state index in [9.17, 15) is 19.8 Å². The van der Waals surface area contributed by atoms with Gasteiger partial charge in [0.2, 0.25) is 5.91 Å². The number of unbranched alkanes of at least 4 members (excludes halogenated alkanes) is 65. The monoisotopic (exact) mass is 1250 g/mol. The summed E-state index contributed by atoms with van der Waals surface area (Å²) in [7, 11) is 0. The number of esters is 1. The zero-order valence-corrected chi connectivity index (χ0v) is 60.7. The molecule has 0 aromatic heterocycles. The summed E-state index contributed by atoms with van der Waals surface area (Å²) < 4.78 is 5.50. The number of hydrogen-bond acceptors (Lipinski definition) is 5. The van der Waals surface area contributed by atoms with E-state index in [1.165, 1.54) is 405 Å². The lowest BCUT2D eigenvalue weighted by Crippen LogP contribution is -2.45. The van der Waals surface area contributed by atoms with Gasteiger partial charge >= 0.3 is 5.97 Å². The lowest BCUT2D eigenvalue weighted by Gasteiger charge is -2.20. The van der Waals surface area contributed by atoms with Crippen LogP contribution in [0, 0.1) is 0 Å². The molecule has 0 saturated carbocycles. The second kappa shape index (κ2) is 78.8. The number of rotatable bonds is 78. The highest BCUT2D eigenvalue weighted by Crippen LogP contribution is 2.20. The van der Waals surface area contributed by atoms with Crippen LogP contribution < -0.4 is 5.32 Å². The summed E-state index contributed by atoms with van der Waals surface area (Å²) in [4.78, 5) is 24.6. The molecule has 0 bridgehead atoms. The van der Waals surface area contributed by atoms with Crippen molar-refractivity contribution in [3.8, 4) is 0 Å². The molecule has 1 amide bonds. The van der Waals surface area contributed by atoms with Gasteiger partial charge in [0.05, 0.1) is 25.4 Å². The number of carbonyl (C=O) groups excluding carboxylic acids is 2. The zero-order chi connectivity index (χ0) is 64.2. The molecule has 0 rings (SSSR count). The first-order chi connectivity index (χ1) is 44.0. The molecule has 0 aliphatic carbocycles. The SMILES string of the molecule is CCCCCCCCCCCCCCCCCCCC/C=C/C(O)C(CO)NC(=O)CCCCCCCCCCCCCCCCCCC/C=C\CCCCCCCCCCCCCCCCCCCCOC(=O)CCCCCCCCCCCCCCC. The van der Waals surface area contributed by atoms with E-state index in [1.807, 2.05) is 6.08 Å². The fraction of sp³-hybridized carbons (Fsp3) is 0.928. The summed E-state index contributed by atoms with van der Waals surface area (Å²) in [5.41, 5.74) is 0. The van der Waals surface area contributed by atoms with Gasteiger partial charge in [-0.1, -0.05) is 423 Å². The van der Waals surface area contributed by atoms with Gasteiger partial charge in [0.25, 0.3) is 0 Å². The fourth-order valence-electron chi connectivity index (χ4n) is 13.2. The predicted octanol–water partition coefficient (Wildman–Crippen LogP) is 27.2. The Bertz CT molecular complexity index is 1400. The Labute approximate surface area is 558 Å². The second-order valence-electron chi connectivity index (χ2n) is 28.5. The lowest BCUT2D eigenvalue weighted by atomic mass is 10.0. The molecule has 0 radical (unpaired) electrons. The molecular weight excluding hydrogens is 1090 g/mol. The Morgan fingerprint density at radius 2 is 0.528 bits per heavy atom. The van der Waals surface area contributed by atoms with E-state index in [1.54, 1.807) is 6.08 Å². The number of ether oxygens (including phenoxy) is 1. The normalized spacial score (nSPS) is 12.5. The number of nitrogens with one attached hydrogen (secondary N) is 1. The van der Waals surface area contributed by atoms with Crippen LogP contribution in [0.25, 0.3) is 0 Å². The maximum Gasteiger partial charge on any atom is 0.305 e. The molecule has 2 atom stereocenters. The van der Waals surface area contributed by atoms with Gasteiger partial charge in [0.15, 0.2) is 0 Å². The minimum atomic E-state index is -0.842. The quantitative estimate of drug-likeness (QED) is 0.0320. The number of aliphatic hydroxyl groups excluding tert-OH is 2. The van der Waals surface area contributed by atoms with Crippen molar-refractivity contribution in [1.82, 2.24) is 5.32 Å². The molecule has 0 fully saturated rings. The Morgan fingerprint density at radius 1 is 0.303 bits per heavy atom. The van der Waals surface area contributed by atoms with E-state index in [0.29, 0.717) is 19.4 Å². The van der Waals surface area contributed by atoms with Crippen molar-refractivity contribution in [3.05, 3.63) is 24.3 Å². The van der Waals surface area contributed by atoms with E-state index in [4.69, 9.17) is 4.74 Å². The molecular formula is C83H161NO5. The van der Waals surface area contributed by atoms with Gasteiger partial charge in [-0.05, 0) is 57.8 Å². The summed E-state index contributed by atoms with van der Waals surface area (Å²) in [6.07, 6.45) is 102. The van der Waals surface area contributed by atoms with E-state index < -0.39 is 12.1 Å². The molecule has 89 heavy (non-hydrogen) atoms. The molecule has 0 heterocycles. The van der Waals surface area contributed by atoms with Crippen LogP contribution in [0.2, 0.25) is 0 Å². The van der Waals surface area contributed by atoms with Crippen molar-refractivity contribution in [1.29, 1.82) is 0 Å². The van der Waals surface area contributed by atoms with E-state index >= 15 is 0 Å². The smallest absolute Gasteiger partial charge is 0.305 e. The third-order valence-electron chi connectivity index (χ3n) is 19.5. The summed E-state index contributed by atoms with van der Waals surface area (Å²) in [6, 6.07) is -0.625. The second-order valence-corrected chi connectivity index (χ2v) is 28.5. The van der Waals surface area contributed by atoms with Gasteiger partial charge in [-0.3, -0.25) is 9.59 Å². The topological polar surface area (TPSA) is 95.9 Å². The van der Waals surface area contributed by atoms with Crippen molar-refractivity contribution < 1.29 is 24.5 Å². The molecule has 0 aromatic rings. The number of allylic oxidation sites excluding steroid dienone is 3. The van der Waals surface area contributed by atoms with Crippen molar-refractivity contribution in [3.63, 3.8) is 0 Å². The van der Waals surface area contributed by atoms with Crippen molar-refractivity contribution in [2.45, 2.75) is 482 Å². The van der Waals surface area contributed by atoms with Crippen molar-refractivity contribution >= 4 is 11.9 Å². The highest BCUT2D eigenvalue weighted by atomic mass is 16.5. The van der Waals surface area contributed by atoms with E-state index in [-0.39, 0.29) is 18.5 Å². The summed E-state index contributed by atoms with van der Waals surface area (Å²) in [5, 5.41) is 23.3. The Balaban J connectivity index is 3.34. The molecule has 3 N–H and O–H groups in total. The van der Waals surface area contributed by atoms with E-state index in [2.05, 4.69) is 31.3 Å². The van der Waals surface area contributed by atoms with Crippen LogP contribution in [0.5, 0.6) is 0 Å². The molecule has 0 aromatic carbocycles. The van der Waals surface area contributed by atoms with Crippen LogP contribution in [0.1, 0.15) is 470 Å². The van der Waals surface area contributed by atoms with Gasteiger partial charge in [-0.15, -0.1) is 0 Å². The highest BCUT2D eigenvalue weighted by Gasteiger charge is 2.18. The molecule has 0 aliphatic heterocycles. The van der Waals surface area contributed by atoms with Gasteiger partial charge < -0.3 is 20.3 Å². The summed E-state index contributed by atoms with van der Waals surface area (Å²) in [6.45, 7) is 4.96. The van der Waals surface area contributed by atoms with E-state index in [0.717, 1.165) is 38.5 Å². The minimum Gasteiger partial charge on any atom is -0.466 e. The standard InChI is InChI=1S/C83H161NO5/c1-3-5-7-9-11-13-15-17-18-19-20-42-45-48-52-55-59-63-67-71-75-81(86)80(79-85)84-82(87)76-72-68-64-60-56-53-49-46-43-40-38-36-34-32-30-28-26-24-22-21-23-25-27-29-31-33-35-37-39-41-44-47-50-54-58-62-66-70-74-78-89-83(88)77-73-69-65-61-57-51-16-14-12-10-8-6-4-2/h21-22,71,75,80-81,85-86H,3-20,23-70,72-74,76-79H2,1-2H3,(H,84,87)/b22-21-,75-71+. The first-order valence-electron chi connectivity index (χ1n) is 41.1. The van der Waals surface area contributed by atoms with Crippen LogP contribution in [0.3, 0.4) is 0 Å².